The van der Waals surface area contributed by atoms with Gasteiger partial charge in [-0.3, -0.25) is 9.59 Å². The zero-order valence-corrected chi connectivity index (χ0v) is 13.9. The average molecular weight is 348 g/mol. The Kier molecular flexibility index (Phi) is 5.39. The van der Waals surface area contributed by atoms with E-state index in [1.807, 2.05) is 48.5 Å². The number of carbonyl (C=O) groups excluding carboxylic acids is 2. The summed E-state index contributed by atoms with van der Waals surface area (Å²) in [6.07, 6.45) is 0. The number of carbonyl (C=O) groups is 2. The molecule has 130 valence electrons. The molecular weight excluding hydrogens is 331 g/mol. The standard InChI is InChI=1S/C21H17FN2O2/c22-17-11-12-19(18(13-17)16-9-5-2-6-10-16)24-21(26)20(25)23-14-15-7-3-1-4-8-15/h1-13H,14H2,(H,23,25)(H,24,26). The third kappa shape index (κ3) is 4.33. The summed E-state index contributed by atoms with van der Waals surface area (Å²) in [6.45, 7) is 0.252. The van der Waals surface area contributed by atoms with E-state index < -0.39 is 17.6 Å². The number of halogens is 1. The van der Waals surface area contributed by atoms with Crippen molar-refractivity contribution in [2.75, 3.05) is 5.32 Å². The molecule has 0 saturated heterocycles. The van der Waals surface area contributed by atoms with Gasteiger partial charge in [0.25, 0.3) is 0 Å². The predicted octanol–water partition coefficient (Wildman–Crippen LogP) is 3.75. The molecule has 0 saturated carbocycles. The highest BCUT2D eigenvalue weighted by atomic mass is 19.1. The van der Waals surface area contributed by atoms with Gasteiger partial charge >= 0.3 is 11.8 Å². The third-order valence-electron chi connectivity index (χ3n) is 3.82. The number of rotatable bonds is 4. The molecule has 0 aliphatic rings. The lowest BCUT2D eigenvalue weighted by molar-refractivity contribution is -0.136. The molecule has 0 heterocycles. The first kappa shape index (κ1) is 17.4. The minimum absolute atomic E-state index is 0.252. The fraction of sp³-hybridized carbons (Fsp3) is 0.0476. The van der Waals surface area contributed by atoms with Crippen LogP contribution in [0.1, 0.15) is 5.56 Å². The summed E-state index contributed by atoms with van der Waals surface area (Å²) in [5, 5.41) is 5.12. The van der Waals surface area contributed by atoms with Crippen molar-refractivity contribution in [2.45, 2.75) is 6.54 Å². The first-order valence-electron chi connectivity index (χ1n) is 8.11. The normalized spacial score (nSPS) is 10.2. The molecular formula is C21H17FN2O2. The number of benzene rings is 3. The first-order valence-corrected chi connectivity index (χ1v) is 8.11. The topological polar surface area (TPSA) is 58.2 Å². The molecule has 4 nitrogen and oxygen atoms in total. The molecule has 26 heavy (non-hydrogen) atoms. The van der Waals surface area contributed by atoms with Crippen LogP contribution in [-0.2, 0) is 16.1 Å². The van der Waals surface area contributed by atoms with E-state index in [1.165, 1.54) is 18.2 Å². The van der Waals surface area contributed by atoms with E-state index in [0.29, 0.717) is 11.3 Å². The Balaban J connectivity index is 1.72. The maximum atomic E-state index is 13.6. The Hall–Kier alpha value is -3.47. The molecule has 0 unspecified atom stereocenters. The van der Waals surface area contributed by atoms with Crippen LogP contribution >= 0.6 is 0 Å². The Labute approximate surface area is 150 Å². The van der Waals surface area contributed by atoms with Crippen LogP contribution in [0.2, 0.25) is 0 Å². The lowest BCUT2D eigenvalue weighted by Gasteiger charge is -2.12. The Morgan fingerprint density at radius 1 is 0.808 bits per heavy atom. The van der Waals surface area contributed by atoms with Crippen molar-refractivity contribution in [2.24, 2.45) is 0 Å². The molecule has 0 aliphatic heterocycles. The molecule has 0 aliphatic carbocycles. The van der Waals surface area contributed by atoms with Gasteiger partial charge < -0.3 is 10.6 Å². The predicted molar refractivity (Wildman–Crippen MR) is 98.8 cm³/mol. The maximum Gasteiger partial charge on any atom is 0.313 e. The lowest BCUT2D eigenvalue weighted by Crippen LogP contribution is -2.35. The van der Waals surface area contributed by atoms with Gasteiger partial charge in [0.2, 0.25) is 0 Å². The van der Waals surface area contributed by atoms with Crippen LogP contribution in [0.4, 0.5) is 10.1 Å². The minimum atomic E-state index is -0.801. The molecule has 5 heteroatoms. The zero-order valence-electron chi connectivity index (χ0n) is 13.9. The molecule has 0 bridgehead atoms. The van der Waals surface area contributed by atoms with Crippen LogP contribution < -0.4 is 10.6 Å². The van der Waals surface area contributed by atoms with Crippen molar-refractivity contribution in [1.29, 1.82) is 0 Å². The molecule has 0 radical (unpaired) electrons. The van der Waals surface area contributed by atoms with Crippen molar-refractivity contribution < 1.29 is 14.0 Å². The van der Waals surface area contributed by atoms with Crippen molar-refractivity contribution in [3.05, 3.63) is 90.2 Å². The highest BCUT2D eigenvalue weighted by molar-refractivity contribution is 6.39. The van der Waals surface area contributed by atoms with Gasteiger partial charge in [-0.2, -0.15) is 0 Å². The molecule has 0 fully saturated rings. The Bertz CT molecular complexity index is 912. The Morgan fingerprint density at radius 3 is 2.15 bits per heavy atom. The second-order valence-corrected chi connectivity index (χ2v) is 5.68. The van der Waals surface area contributed by atoms with Crippen LogP contribution in [-0.4, -0.2) is 11.8 Å². The summed E-state index contributed by atoms with van der Waals surface area (Å²) in [5.41, 5.74) is 2.51. The van der Waals surface area contributed by atoms with E-state index in [1.54, 1.807) is 12.1 Å². The number of hydrogen-bond acceptors (Lipinski definition) is 2. The Morgan fingerprint density at radius 2 is 1.46 bits per heavy atom. The molecule has 3 aromatic rings. The van der Waals surface area contributed by atoms with E-state index >= 15 is 0 Å². The minimum Gasteiger partial charge on any atom is -0.344 e. The zero-order chi connectivity index (χ0) is 18.4. The van der Waals surface area contributed by atoms with Gasteiger partial charge in [-0.05, 0) is 29.3 Å². The third-order valence-corrected chi connectivity index (χ3v) is 3.82. The van der Waals surface area contributed by atoms with Gasteiger partial charge in [-0.25, -0.2) is 4.39 Å². The summed E-state index contributed by atoms with van der Waals surface area (Å²) < 4.78 is 13.6. The van der Waals surface area contributed by atoms with Crippen LogP contribution in [0.5, 0.6) is 0 Å². The molecule has 2 N–H and O–H groups in total. The van der Waals surface area contributed by atoms with Gasteiger partial charge in [0.1, 0.15) is 5.82 Å². The lowest BCUT2D eigenvalue weighted by atomic mass is 10.0. The summed E-state index contributed by atoms with van der Waals surface area (Å²) >= 11 is 0. The monoisotopic (exact) mass is 348 g/mol. The fourth-order valence-electron chi connectivity index (χ4n) is 2.52. The first-order chi connectivity index (χ1) is 12.6. The summed E-state index contributed by atoms with van der Waals surface area (Å²) in [6, 6.07) is 22.4. The van der Waals surface area contributed by atoms with Gasteiger partial charge in [-0.1, -0.05) is 60.7 Å². The molecule has 2 amide bonds. The number of anilines is 1. The van der Waals surface area contributed by atoms with Crippen molar-refractivity contribution in [3.8, 4) is 11.1 Å². The average Bonchev–Trinajstić information content (AvgIpc) is 2.69. The fourth-order valence-corrected chi connectivity index (χ4v) is 2.52. The quantitative estimate of drug-likeness (QED) is 0.706. The maximum absolute atomic E-state index is 13.6. The highest BCUT2D eigenvalue weighted by Crippen LogP contribution is 2.28. The SMILES string of the molecule is O=C(NCc1ccccc1)C(=O)Nc1ccc(F)cc1-c1ccccc1. The second-order valence-electron chi connectivity index (χ2n) is 5.68. The van der Waals surface area contributed by atoms with E-state index in [0.717, 1.165) is 11.1 Å². The largest absolute Gasteiger partial charge is 0.344 e. The van der Waals surface area contributed by atoms with Crippen molar-refractivity contribution in [3.63, 3.8) is 0 Å². The number of amides is 2. The molecule has 0 atom stereocenters. The van der Waals surface area contributed by atoms with Crippen LogP contribution in [0.25, 0.3) is 11.1 Å². The smallest absolute Gasteiger partial charge is 0.313 e. The molecule has 0 spiro atoms. The van der Waals surface area contributed by atoms with Gasteiger partial charge in [0.15, 0.2) is 0 Å². The summed E-state index contributed by atoms with van der Waals surface area (Å²) in [7, 11) is 0. The van der Waals surface area contributed by atoms with E-state index in [4.69, 9.17) is 0 Å². The van der Waals surface area contributed by atoms with E-state index in [-0.39, 0.29) is 6.54 Å². The summed E-state index contributed by atoms with van der Waals surface area (Å²) in [4.78, 5) is 24.2. The molecule has 0 aromatic heterocycles. The van der Waals surface area contributed by atoms with Crippen LogP contribution in [0.15, 0.2) is 78.9 Å². The molecule has 3 rings (SSSR count). The number of nitrogens with one attached hydrogen (secondary N) is 2. The van der Waals surface area contributed by atoms with Gasteiger partial charge in [0.05, 0.1) is 0 Å². The van der Waals surface area contributed by atoms with Crippen molar-refractivity contribution in [1.82, 2.24) is 5.32 Å². The van der Waals surface area contributed by atoms with Crippen LogP contribution in [0, 0.1) is 5.82 Å². The molecule has 3 aromatic carbocycles. The van der Waals surface area contributed by atoms with Crippen LogP contribution in [0.3, 0.4) is 0 Å². The highest BCUT2D eigenvalue weighted by Gasteiger charge is 2.16. The van der Waals surface area contributed by atoms with E-state index in [2.05, 4.69) is 10.6 Å². The van der Waals surface area contributed by atoms with Gasteiger partial charge in [0, 0.05) is 17.8 Å². The van der Waals surface area contributed by atoms with Crippen molar-refractivity contribution >= 4 is 17.5 Å². The van der Waals surface area contributed by atoms with E-state index in [9.17, 15) is 14.0 Å². The van der Waals surface area contributed by atoms with Gasteiger partial charge in [-0.15, -0.1) is 0 Å². The summed E-state index contributed by atoms with van der Waals surface area (Å²) in [5.74, 6) is -1.97. The second kappa shape index (κ2) is 8.07. The number of hydrogen-bond donors (Lipinski definition) is 2.